The average Bonchev–Trinajstić information content (AvgIpc) is 2.42. The number of aromatic nitrogens is 1. The minimum Gasteiger partial charge on any atom is -0.598 e. The molecular weight excluding hydrogens is 368 g/mol. The van der Waals surface area contributed by atoms with Crippen molar-refractivity contribution in [1.29, 1.82) is 0 Å². The van der Waals surface area contributed by atoms with Crippen molar-refractivity contribution in [2.24, 2.45) is 0 Å². The molecule has 0 radical (unpaired) electrons. The largest absolute Gasteiger partial charge is 0.598 e. The van der Waals surface area contributed by atoms with Gasteiger partial charge in [-0.3, -0.25) is 0 Å². The fourth-order valence-electron chi connectivity index (χ4n) is 2.04. The molecule has 1 aromatic rings. The van der Waals surface area contributed by atoms with Gasteiger partial charge in [-0.05, 0) is 56.5 Å². The molecule has 7 heteroatoms. The molecule has 1 heterocycles. The van der Waals surface area contributed by atoms with Gasteiger partial charge in [-0.2, -0.15) is 0 Å². The van der Waals surface area contributed by atoms with Crippen LogP contribution in [-0.2, 0) is 11.4 Å². The van der Waals surface area contributed by atoms with Gasteiger partial charge in [0.25, 0.3) is 0 Å². The standard InChI is InChI=1S/C15H23BrN2O3S/c1-9-8-12(13(16)14(17-9)20-5)21-11-7-6-10(11)18-22(19)15(2,3)4/h8,10-11,18H,6-7H2,1-5H3/t10-,11+,22?/m1/s1. The lowest BCUT2D eigenvalue weighted by molar-refractivity contribution is 0.0831. The fraction of sp³-hybridized carbons (Fsp3) is 0.667. The highest BCUT2D eigenvalue weighted by Gasteiger charge is 2.39. The van der Waals surface area contributed by atoms with Crippen molar-refractivity contribution in [3.05, 3.63) is 16.2 Å². The molecular formula is C15H23BrN2O3S. The van der Waals surface area contributed by atoms with E-state index in [0.29, 0.717) is 16.1 Å². The maximum absolute atomic E-state index is 12.2. The number of nitrogens with one attached hydrogen (secondary N) is 1. The summed E-state index contributed by atoms with van der Waals surface area (Å²) in [5, 5.41) is 0. The number of hydrogen-bond acceptors (Lipinski definition) is 5. The Morgan fingerprint density at radius 1 is 1.41 bits per heavy atom. The molecule has 1 aliphatic carbocycles. The first-order chi connectivity index (χ1) is 10.2. The zero-order valence-electron chi connectivity index (χ0n) is 13.6. The Balaban J connectivity index is 2.04. The van der Waals surface area contributed by atoms with E-state index >= 15 is 0 Å². The Hall–Kier alpha value is -0.500. The third kappa shape index (κ3) is 4.07. The van der Waals surface area contributed by atoms with Crippen LogP contribution in [0.3, 0.4) is 0 Å². The van der Waals surface area contributed by atoms with Gasteiger partial charge >= 0.3 is 0 Å². The van der Waals surface area contributed by atoms with E-state index in [1.54, 1.807) is 7.11 Å². The second-order valence-electron chi connectivity index (χ2n) is 6.42. The summed E-state index contributed by atoms with van der Waals surface area (Å²) in [7, 11) is 1.58. The summed E-state index contributed by atoms with van der Waals surface area (Å²) in [6.07, 6.45) is 1.91. The minimum atomic E-state index is -1.09. The van der Waals surface area contributed by atoms with Crippen LogP contribution in [0.4, 0.5) is 0 Å². The van der Waals surface area contributed by atoms with Crippen molar-refractivity contribution in [2.75, 3.05) is 7.11 Å². The van der Waals surface area contributed by atoms with E-state index < -0.39 is 11.4 Å². The van der Waals surface area contributed by atoms with Crippen molar-refractivity contribution in [1.82, 2.24) is 9.71 Å². The second kappa shape index (κ2) is 6.95. The number of hydrogen-bond donors (Lipinski definition) is 1. The highest BCUT2D eigenvalue weighted by molar-refractivity contribution is 9.10. The molecule has 1 aliphatic rings. The molecule has 0 aliphatic heterocycles. The lowest BCUT2D eigenvalue weighted by Gasteiger charge is -2.38. The summed E-state index contributed by atoms with van der Waals surface area (Å²) in [5.41, 5.74) is 0.831. The number of halogens is 1. The van der Waals surface area contributed by atoms with Gasteiger partial charge in [0.05, 0.1) is 13.2 Å². The van der Waals surface area contributed by atoms with Gasteiger partial charge in [-0.25, -0.2) is 4.98 Å². The number of ether oxygens (including phenoxy) is 2. The van der Waals surface area contributed by atoms with Crippen molar-refractivity contribution in [3.63, 3.8) is 0 Å². The van der Waals surface area contributed by atoms with Crippen LogP contribution in [0.2, 0.25) is 0 Å². The van der Waals surface area contributed by atoms with E-state index in [9.17, 15) is 4.55 Å². The monoisotopic (exact) mass is 390 g/mol. The molecule has 1 fully saturated rings. The quantitative estimate of drug-likeness (QED) is 0.782. The first-order valence-electron chi connectivity index (χ1n) is 7.28. The number of methoxy groups -OCH3 is 1. The van der Waals surface area contributed by atoms with Crippen LogP contribution in [-0.4, -0.2) is 33.5 Å². The smallest absolute Gasteiger partial charge is 0.231 e. The van der Waals surface area contributed by atoms with Crippen LogP contribution in [0.5, 0.6) is 11.6 Å². The number of pyridine rings is 1. The Morgan fingerprint density at radius 3 is 2.59 bits per heavy atom. The van der Waals surface area contributed by atoms with Crippen LogP contribution in [0.15, 0.2) is 10.5 Å². The predicted octanol–water partition coefficient (Wildman–Crippen LogP) is 3.12. The number of rotatable bonds is 5. The number of aryl methyl sites for hydroxylation is 1. The average molecular weight is 391 g/mol. The van der Waals surface area contributed by atoms with E-state index in [1.165, 1.54) is 0 Å². The van der Waals surface area contributed by atoms with Crippen molar-refractivity contribution < 1.29 is 14.0 Å². The molecule has 0 saturated heterocycles. The van der Waals surface area contributed by atoms with E-state index in [-0.39, 0.29) is 16.9 Å². The summed E-state index contributed by atoms with van der Waals surface area (Å²) < 4.78 is 27.1. The molecule has 0 spiro atoms. The zero-order chi connectivity index (χ0) is 16.5. The van der Waals surface area contributed by atoms with Crippen LogP contribution in [0.25, 0.3) is 0 Å². The lowest BCUT2D eigenvalue weighted by Crippen LogP contribution is -2.56. The van der Waals surface area contributed by atoms with Gasteiger partial charge in [0, 0.05) is 23.1 Å². The van der Waals surface area contributed by atoms with Crippen molar-refractivity contribution >= 4 is 27.3 Å². The third-order valence-corrected chi connectivity index (χ3v) is 5.88. The van der Waals surface area contributed by atoms with Gasteiger partial charge in [-0.15, -0.1) is 4.72 Å². The topological polar surface area (TPSA) is 66.4 Å². The first-order valence-corrected chi connectivity index (χ1v) is 9.22. The zero-order valence-corrected chi connectivity index (χ0v) is 16.0. The van der Waals surface area contributed by atoms with Gasteiger partial charge in [0.2, 0.25) is 5.88 Å². The van der Waals surface area contributed by atoms with E-state index in [4.69, 9.17) is 9.47 Å². The van der Waals surface area contributed by atoms with Crippen LogP contribution in [0.1, 0.15) is 39.3 Å². The molecule has 0 bridgehead atoms. The molecule has 124 valence electrons. The number of nitrogens with zero attached hydrogens (tertiary/aromatic N) is 1. The fourth-order valence-corrected chi connectivity index (χ4v) is 3.40. The SMILES string of the molecule is COc1nc(C)cc(O[C@H]2CC[C@H]2N[S+]([O-])C(C)(C)C)c1Br. The molecule has 1 saturated carbocycles. The summed E-state index contributed by atoms with van der Waals surface area (Å²) >= 11 is 2.38. The molecule has 1 aromatic heterocycles. The van der Waals surface area contributed by atoms with Gasteiger partial charge < -0.3 is 14.0 Å². The highest BCUT2D eigenvalue weighted by Crippen LogP contribution is 2.36. The minimum absolute atomic E-state index is 0.00843. The molecule has 22 heavy (non-hydrogen) atoms. The second-order valence-corrected chi connectivity index (χ2v) is 9.22. The van der Waals surface area contributed by atoms with Crippen LogP contribution >= 0.6 is 15.9 Å². The molecule has 5 nitrogen and oxygen atoms in total. The van der Waals surface area contributed by atoms with Crippen LogP contribution < -0.4 is 14.2 Å². The molecule has 3 atom stereocenters. The third-order valence-electron chi connectivity index (χ3n) is 3.52. The Bertz CT molecular complexity index is 536. The lowest BCUT2D eigenvalue weighted by atomic mass is 9.90. The first kappa shape index (κ1) is 17.8. The Morgan fingerprint density at radius 2 is 2.09 bits per heavy atom. The summed E-state index contributed by atoms with van der Waals surface area (Å²) in [5.74, 6) is 1.22. The predicted molar refractivity (Wildman–Crippen MR) is 91.7 cm³/mol. The van der Waals surface area contributed by atoms with E-state index in [1.807, 2.05) is 33.8 Å². The summed E-state index contributed by atoms with van der Waals surface area (Å²) in [4.78, 5) is 4.29. The van der Waals surface area contributed by atoms with E-state index in [0.717, 1.165) is 18.5 Å². The highest BCUT2D eigenvalue weighted by atomic mass is 79.9. The summed E-state index contributed by atoms with van der Waals surface area (Å²) in [6, 6.07) is 1.98. The Kier molecular flexibility index (Phi) is 5.63. The van der Waals surface area contributed by atoms with Crippen molar-refractivity contribution in [3.8, 4) is 11.6 Å². The molecule has 0 aromatic carbocycles. The molecule has 1 N–H and O–H groups in total. The normalized spacial score (nSPS) is 22.9. The Labute approximate surface area is 143 Å². The molecule has 1 unspecified atom stereocenters. The van der Waals surface area contributed by atoms with E-state index in [2.05, 4.69) is 25.6 Å². The summed E-state index contributed by atoms with van der Waals surface area (Å²) in [6.45, 7) is 7.77. The van der Waals surface area contributed by atoms with Gasteiger partial charge in [0.1, 0.15) is 21.1 Å². The van der Waals surface area contributed by atoms with Gasteiger partial charge in [-0.1, -0.05) is 0 Å². The molecule has 0 amide bonds. The van der Waals surface area contributed by atoms with Gasteiger partial charge in [0.15, 0.2) is 0 Å². The van der Waals surface area contributed by atoms with Crippen molar-refractivity contribution in [2.45, 2.75) is 57.4 Å². The van der Waals surface area contributed by atoms with Crippen LogP contribution in [0, 0.1) is 6.92 Å². The maximum atomic E-state index is 12.2. The maximum Gasteiger partial charge on any atom is 0.231 e. The molecule has 2 rings (SSSR count).